The molecule has 1 fully saturated rings. The minimum atomic E-state index is -3.96. The largest absolute Gasteiger partial charge is 0.369 e. The van der Waals surface area contributed by atoms with Crippen LogP contribution >= 0.6 is 0 Å². The molecule has 142 valence electrons. The summed E-state index contributed by atoms with van der Waals surface area (Å²) in [5.74, 6) is -4.28. The zero-order chi connectivity index (χ0) is 19.3. The summed E-state index contributed by atoms with van der Waals surface area (Å²) in [4.78, 5) is 36.4. The van der Waals surface area contributed by atoms with E-state index in [4.69, 9.17) is 5.73 Å². The molecule has 0 aromatic heterocycles. The van der Waals surface area contributed by atoms with Gasteiger partial charge in [0, 0.05) is 24.7 Å². The van der Waals surface area contributed by atoms with Gasteiger partial charge >= 0.3 is 0 Å². The second-order valence-corrected chi connectivity index (χ2v) is 8.21. The van der Waals surface area contributed by atoms with Gasteiger partial charge in [0.2, 0.25) is 17.7 Å². The molecule has 1 aliphatic heterocycles. The van der Waals surface area contributed by atoms with Crippen LogP contribution in [0, 0.1) is 11.7 Å². The van der Waals surface area contributed by atoms with E-state index in [2.05, 4.69) is 5.32 Å². The molecule has 1 heterocycles. The van der Waals surface area contributed by atoms with E-state index in [9.17, 15) is 27.2 Å². The minimum absolute atomic E-state index is 0.254. The number of rotatable bonds is 6. The van der Waals surface area contributed by atoms with Crippen LogP contribution < -0.4 is 11.1 Å². The first kappa shape index (κ1) is 19.8. The quantitative estimate of drug-likeness (QED) is 0.707. The predicted octanol–water partition coefficient (Wildman–Crippen LogP) is -0.0971. The fraction of sp³-hybridized carbons (Fsp3) is 0.438. The highest BCUT2D eigenvalue weighted by Crippen LogP contribution is 2.17. The Balaban J connectivity index is 1.85. The van der Waals surface area contributed by atoms with Gasteiger partial charge in [-0.15, -0.1) is 0 Å². The summed E-state index contributed by atoms with van der Waals surface area (Å²) in [6.45, 7) is 0.507. The van der Waals surface area contributed by atoms with Gasteiger partial charge in [-0.2, -0.15) is 0 Å². The number of anilines is 1. The number of piperidine rings is 1. The molecule has 0 aliphatic carbocycles. The average molecular weight is 385 g/mol. The number of sulfone groups is 1. The average Bonchev–Trinajstić information content (AvgIpc) is 2.56. The number of benzene rings is 1. The SMILES string of the molecule is NC(=O)C1CCN(C(=O)CS(=O)(=O)CC(=O)Nc2ccc(F)cc2)CC1. The second kappa shape index (κ2) is 8.26. The molecule has 0 atom stereocenters. The van der Waals surface area contributed by atoms with Crippen molar-refractivity contribution in [1.82, 2.24) is 4.90 Å². The van der Waals surface area contributed by atoms with Crippen molar-refractivity contribution in [2.45, 2.75) is 12.8 Å². The molecule has 3 N–H and O–H groups in total. The van der Waals surface area contributed by atoms with Gasteiger partial charge in [0.25, 0.3) is 0 Å². The highest BCUT2D eigenvalue weighted by atomic mass is 32.2. The molecule has 0 saturated carbocycles. The van der Waals surface area contributed by atoms with Crippen LogP contribution in [0.5, 0.6) is 0 Å². The Kier molecular flexibility index (Phi) is 6.30. The van der Waals surface area contributed by atoms with E-state index in [1.807, 2.05) is 0 Å². The molecule has 1 aromatic carbocycles. The van der Waals surface area contributed by atoms with Crippen LogP contribution in [0.3, 0.4) is 0 Å². The molecule has 1 aromatic rings. The van der Waals surface area contributed by atoms with E-state index >= 15 is 0 Å². The van der Waals surface area contributed by atoms with Crippen LogP contribution in [0.2, 0.25) is 0 Å². The lowest BCUT2D eigenvalue weighted by molar-refractivity contribution is -0.132. The molecule has 0 bridgehead atoms. The van der Waals surface area contributed by atoms with E-state index in [1.165, 1.54) is 17.0 Å². The van der Waals surface area contributed by atoms with E-state index < -0.39 is 44.9 Å². The van der Waals surface area contributed by atoms with Gasteiger partial charge in [-0.05, 0) is 37.1 Å². The fourth-order valence-electron chi connectivity index (χ4n) is 2.67. The number of carbonyl (C=O) groups is 3. The third kappa shape index (κ3) is 5.80. The number of carbonyl (C=O) groups excluding carboxylic acids is 3. The van der Waals surface area contributed by atoms with Gasteiger partial charge in [-0.1, -0.05) is 0 Å². The molecule has 1 saturated heterocycles. The summed E-state index contributed by atoms with van der Waals surface area (Å²) in [5, 5.41) is 2.34. The predicted molar refractivity (Wildman–Crippen MR) is 92.2 cm³/mol. The maximum Gasteiger partial charge on any atom is 0.239 e. The van der Waals surface area contributed by atoms with Crippen LogP contribution in [0.15, 0.2) is 24.3 Å². The molecule has 26 heavy (non-hydrogen) atoms. The lowest BCUT2D eigenvalue weighted by Crippen LogP contribution is -2.44. The number of hydrogen-bond acceptors (Lipinski definition) is 5. The summed E-state index contributed by atoms with van der Waals surface area (Å²) in [7, 11) is -3.96. The van der Waals surface area contributed by atoms with Gasteiger partial charge in [0.15, 0.2) is 9.84 Å². The Morgan fingerprint density at radius 3 is 2.23 bits per heavy atom. The summed E-state index contributed by atoms with van der Waals surface area (Å²) >= 11 is 0. The van der Waals surface area contributed by atoms with Gasteiger partial charge in [0.05, 0.1) is 0 Å². The van der Waals surface area contributed by atoms with Gasteiger partial charge < -0.3 is 16.0 Å². The summed E-state index contributed by atoms with van der Waals surface area (Å²) in [6, 6.07) is 4.86. The zero-order valence-corrected chi connectivity index (χ0v) is 14.8. The normalized spacial score (nSPS) is 15.5. The zero-order valence-electron chi connectivity index (χ0n) is 14.0. The van der Waals surface area contributed by atoms with E-state index in [1.54, 1.807) is 0 Å². The van der Waals surface area contributed by atoms with E-state index in [0.29, 0.717) is 12.8 Å². The molecule has 10 heteroatoms. The van der Waals surface area contributed by atoms with Crippen molar-refractivity contribution in [2.24, 2.45) is 11.7 Å². The molecule has 2 rings (SSSR count). The summed E-state index contributed by atoms with van der Waals surface area (Å²) in [6.07, 6.45) is 0.790. The Morgan fingerprint density at radius 2 is 1.69 bits per heavy atom. The fourth-order valence-corrected chi connectivity index (χ4v) is 3.81. The standard InChI is InChI=1S/C16H20FN3O5S/c17-12-1-3-13(4-2-12)19-14(21)9-26(24,25)10-15(22)20-7-5-11(6-8-20)16(18)23/h1-4,11H,5-10H2,(H2,18,23)(H,19,21). The van der Waals surface area contributed by atoms with Crippen molar-refractivity contribution in [1.29, 1.82) is 0 Å². The maximum atomic E-state index is 12.8. The maximum absolute atomic E-state index is 12.8. The lowest BCUT2D eigenvalue weighted by atomic mass is 9.96. The van der Waals surface area contributed by atoms with Gasteiger partial charge in [0.1, 0.15) is 17.3 Å². The van der Waals surface area contributed by atoms with Crippen molar-refractivity contribution in [3.63, 3.8) is 0 Å². The molecule has 0 unspecified atom stereocenters. The third-order valence-electron chi connectivity index (χ3n) is 4.07. The van der Waals surface area contributed by atoms with Crippen molar-refractivity contribution in [3.8, 4) is 0 Å². The number of hydrogen-bond donors (Lipinski definition) is 2. The number of nitrogens with zero attached hydrogens (tertiary/aromatic N) is 1. The third-order valence-corrected chi connectivity index (χ3v) is 5.46. The number of primary amides is 1. The monoisotopic (exact) mass is 385 g/mol. The molecule has 0 spiro atoms. The first-order valence-corrected chi connectivity index (χ1v) is 9.81. The summed E-state index contributed by atoms with van der Waals surface area (Å²) in [5.41, 5.74) is 5.47. The highest BCUT2D eigenvalue weighted by molar-refractivity contribution is 7.92. The Bertz CT molecular complexity index is 787. The molecule has 1 aliphatic rings. The molecule has 0 radical (unpaired) electrons. The minimum Gasteiger partial charge on any atom is -0.369 e. The number of amides is 3. The lowest BCUT2D eigenvalue weighted by Gasteiger charge is -2.30. The van der Waals surface area contributed by atoms with E-state index in [0.717, 1.165) is 12.1 Å². The first-order valence-electron chi connectivity index (χ1n) is 7.99. The van der Waals surface area contributed by atoms with Crippen molar-refractivity contribution < 1.29 is 27.2 Å². The second-order valence-electron chi connectivity index (χ2n) is 6.14. The van der Waals surface area contributed by atoms with Crippen LogP contribution in [-0.4, -0.2) is 55.6 Å². The van der Waals surface area contributed by atoms with Crippen molar-refractivity contribution >= 4 is 33.2 Å². The van der Waals surface area contributed by atoms with E-state index in [-0.39, 0.29) is 24.7 Å². The Labute approximate surface area is 150 Å². The van der Waals surface area contributed by atoms with Gasteiger partial charge in [-0.25, -0.2) is 12.8 Å². The molecule has 3 amide bonds. The van der Waals surface area contributed by atoms with Crippen LogP contribution in [-0.2, 0) is 24.2 Å². The Morgan fingerprint density at radius 1 is 1.12 bits per heavy atom. The van der Waals surface area contributed by atoms with Crippen molar-refractivity contribution in [2.75, 3.05) is 29.9 Å². The number of nitrogens with two attached hydrogens (primary N) is 1. The Hall–Kier alpha value is -2.49. The van der Waals surface area contributed by atoms with Crippen LogP contribution in [0.4, 0.5) is 10.1 Å². The smallest absolute Gasteiger partial charge is 0.239 e. The highest BCUT2D eigenvalue weighted by Gasteiger charge is 2.29. The number of likely N-dealkylation sites (tertiary alicyclic amines) is 1. The molecule has 8 nitrogen and oxygen atoms in total. The number of halogens is 1. The molecular weight excluding hydrogens is 365 g/mol. The topological polar surface area (TPSA) is 127 Å². The van der Waals surface area contributed by atoms with Gasteiger partial charge in [-0.3, -0.25) is 14.4 Å². The van der Waals surface area contributed by atoms with Crippen molar-refractivity contribution in [3.05, 3.63) is 30.1 Å². The van der Waals surface area contributed by atoms with Crippen LogP contribution in [0.25, 0.3) is 0 Å². The molecular formula is C16H20FN3O5S. The van der Waals surface area contributed by atoms with Crippen LogP contribution in [0.1, 0.15) is 12.8 Å². The summed E-state index contributed by atoms with van der Waals surface area (Å²) < 4.78 is 36.9. The number of nitrogens with one attached hydrogen (secondary N) is 1. The first-order chi connectivity index (χ1) is 12.2.